The zero-order valence-corrected chi connectivity index (χ0v) is 18.1. The first-order valence-electron chi connectivity index (χ1n) is 10.0. The number of thioether (sulfide) groups is 1. The average molecular weight is 409 g/mol. The summed E-state index contributed by atoms with van der Waals surface area (Å²) in [5.41, 5.74) is 4.35. The van der Waals surface area contributed by atoms with Crippen LogP contribution in [0.25, 0.3) is 0 Å². The predicted octanol–water partition coefficient (Wildman–Crippen LogP) is 4.82. The molecular weight excluding hydrogens is 380 g/mol. The van der Waals surface area contributed by atoms with E-state index in [0.717, 1.165) is 53.6 Å². The molecule has 1 amide bonds. The molecule has 1 aromatic heterocycles. The highest BCUT2D eigenvalue weighted by Crippen LogP contribution is 2.21. The molecule has 3 rings (SSSR count). The Morgan fingerprint density at radius 1 is 1.07 bits per heavy atom. The summed E-state index contributed by atoms with van der Waals surface area (Å²) in [6.45, 7) is 7.02. The molecule has 152 valence electrons. The number of amides is 1. The minimum atomic E-state index is -0.0272. The molecule has 0 aliphatic rings. The van der Waals surface area contributed by atoms with Crippen molar-refractivity contribution in [3.05, 3.63) is 71.0 Å². The minimum absolute atomic E-state index is 0.0272. The van der Waals surface area contributed by atoms with Crippen LogP contribution in [0, 0.1) is 13.8 Å². The maximum atomic E-state index is 12.4. The van der Waals surface area contributed by atoms with Gasteiger partial charge in [0.05, 0.1) is 5.75 Å². The van der Waals surface area contributed by atoms with Gasteiger partial charge in [0.2, 0.25) is 5.91 Å². The number of benzene rings is 2. The molecule has 0 bridgehead atoms. The highest BCUT2D eigenvalue weighted by molar-refractivity contribution is 7.99. The van der Waals surface area contributed by atoms with Crippen LogP contribution < -0.4 is 5.32 Å². The molecule has 0 saturated carbocycles. The molecule has 0 unspecified atom stereocenters. The lowest BCUT2D eigenvalue weighted by atomic mass is 10.1. The fraction of sp³-hybridized carbons (Fsp3) is 0.348. The lowest BCUT2D eigenvalue weighted by Gasteiger charge is -2.10. The van der Waals surface area contributed by atoms with Crippen molar-refractivity contribution in [3.8, 4) is 0 Å². The Balaban J connectivity index is 1.61. The Labute approximate surface area is 176 Å². The summed E-state index contributed by atoms with van der Waals surface area (Å²) in [7, 11) is 0. The first kappa shape index (κ1) is 21.1. The van der Waals surface area contributed by atoms with E-state index < -0.39 is 0 Å². The van der Waals surface area contributed by atoms with Crippen LogP contribution in [-0.4, -0.2) is 26.4 Å². The van der Waals surface area contributed by atoms with E-state index in [4.69, 9.17) is 0 Å². The van der Waals surface area contributed by atoms with Gasteiger partial charge in [0.25, 0.3) is 0 Å². The van der Waals surface area contributed by atoms with Crippen LogP contribution in [0.3, 0.4) is 0 Å². The molecule has 0 radical (unpaired) electrons. The smallest absolute Gasteiger partial charge is 0.234 e. The van der Waals surface area contributed by atoms with Gasteiger partial charge in [-0.2, -0.15) is 0 Å². The van der Waals surface area contributed by atoms with Crippen molar-refractivity contribution in [1.82, 2.24) is 14.8 Å². The van der Waals surface area contributed by atoms with Crippen molar-refractivity contribution in [2.45, 2.75) is 51.7 Å². The SMILES string of the molecule is CCCn1c(CCc2ccccc2)nnc1SCC(=O)Nc1cc(C)ccc1C. The lowest BCUT2D eigenvalue weighted by molar-refractivity contribution is -0.113. The molecule has 0 aliphatic heterocycles. The van der Waals surface area contributed by atoms with E-state index in [-0.39, 0.29) is 5.91 Å². The quantitative estimate of drug-likeness (QED) is 0.516. The van der Waals surface area contributed by atoms with E-state index in [2.05, 4.69) is 51.3 Å². The molecule has 29 heavy (non-hydrogen) atoms. The Hall–Kier alpha value is -2.60. The third-order valence-corrected chi connectivity index (χ3v) is 5.69. The number of rotatable bonds is 9. The highest BCUT2D eigenvalue weighted by Gasteiger charge is 2.14. The molecule has 0 atom stereocenters. The summed E-state index contributed by atoms with van der Waals surface area (Å²) in [5.74, 6) is 1.27. The second-order valence-corrected chi connectivity index (χ2v) is 8.13. The third-order valence-electron chi connectivity index (χ3n) is 4.72. The van der Waals surface area contributed by atoms with Gasteiger partial charge in [-0.05, 0) is 49.4 Å². The van der Waals surface area contributed by atoms with Crippen molar-refractivity contribution < 1.29 is 4.79 Å². The topological polar surface area (TPSA) is 59.8 Å². The molecule has 1 N–H and O–H groups in total. The Bertz CT molecular complexity index is 953. The summed E-state index contributed by atoms with van der Waals surface area (Å²) in [6, 6.07) is 16.5. The van der Waals surface area contributed by atoms with Crippen LogP contribution in [0.5, 0.6) is 0 Å². The summed E-state index contributed by atoms with van der Waals surface area (Å²) in [6.07, 6.45) is 2.77. The van der Waals surface area contributed by atoms with Crippen molar-refractivity contribution in [3.63, 3.8) is 0 Å². The number of aryl methyl sites for hydroxylation is 4. The van der Waals surface area contributed by atoms with Crippen molar-refractivity contribution in [1.29, 1.82) is 0 Å². The maximum absolute atomic E-state index is 12.4. The van der Waals surface area contributed by atoms with E-state index in [1.165, 1.54) is 17.3 Å². The van der Waals surface area contributed by atoms with E-state index in [1.807, 2.05) is 38.1 Å². The number of aromatic nitrogens is 3. The molecule has 2 aromatic carbocycles. The van der Waals surface area contributed by atoms with Gasteiger partial charge in [-0.3, -0.25) is 4.79 Å². The van der Waals surface area contributed by atoms with Crippen LogP contribution in [0.1, 0.15) is 35.9 Å². The molecule has 0 saturated heterocycles. The zero-order chi connectivity index (χ0) is 20.6. The molecule has 0 aliphatic carbocycles. The van der Waals surface area contributed by atoms with Crippen molar-refractivity contribution in [2.75, 3.05) is 11.1 Å². The summed E-state index contributed by atoms with van der Waals surface area (Å²) < 4.78 is 2.15. The third kappa shape index (κ3) is 5.94. The number of carbonyl (C=O) groups excluding carboxylic acids is 1. The van der Waals surface area contributed by atoms with Gasteiger partial charge in [-0.1, -0.05) is 61.2 Å². The van der Waals surface area contributed by atoms with Gasteiger partial charge in [0.1, 0.15) is 5.82 Å². The number of anilines is 1. The fourth-order valence-corrected chi connectivity index (χ4v) is 3.93. The highest BCUT2D eigenvalue weighted by atomic mass is 32.2. The number of carbonyl (C=O) groups is 1. The Morgan fingerprint density at radius 3 is 2.62 bits per heavy atom. The molecule has 5 nitrogen and oxygen atoms in total. The number of hydrogen-bond donors (Lipinski definition) is 1. The van der Waals surface area contributed by atoms with Gasteiger partial charge in [-0.15, -0.1) is 10.2 Å². The lowest BCUT2D eigenvalue weighted by Crippen LogP contribution is -2.15. The molecule has 0 fully saturated rings. The predicted molar refractivity (Wildman–Crippen MR) is 119 cm³/mol. The monoisotopic (exact) mass is 408 g/mol. The van der Waals surface area contributed by atoms with Crippen LogP contribution in [-0.2, 0) is 24.2 Å². The van der Waals surface area contributed by atoms with Gasteiger partial charge in [-0.25, -0.2) is 0 Å². The number of hydrogen-bond acceptors (Lipinski definition) is 4. The normalized spacial score (nSPS) is 10.9. The molecule has 3 aromatic rings. The van der Waals surface area contributed by atoms with E-state index >= 15 is 0 Å². The first-order chi connectivity index (χ1) is 14.1. The fourth-order valence-electron chi connectivity index (χ4n) is 3.15. The summed E-state index contributed by atoms with van der Waals surface area (Å²) in [5, 5.41) is 12.6. The molecular formula is C23H28N4OS. The molecule has 0 spiro atoms. The second-order valence-electron chi connectivity index (χ2n) is 7.19. The van der Waals surface area contributed by atoms with Crippen molar-refractivity contribution in [2.24, 2.45) is 0 Å². The summed E-state index contributed by atoms with van der Waals surface area (Å²) >= 11 is 1.44. The summed E-state index contributed by atoms with van der Waals surface area (Å²) in [4.78, 5) is 12.4. The van der Waals surface area contributed by atoms with E-state index in [9.17, 15) is 4.79 Å². The maximum Gasteiger partial charge on any atom is 0.234 e. The molecule has 6 heteroatoms. The van der Waals surface area contributed by atoms with Crippen molar-refractivity contribution >= 4 is 23.4 Å². The van der Waals surface area contributed by atoms with E-state index in [1.54, 1.807) is 0 Å². The second kappa shape index (κ2) is 10.3. The molecule has 1 heterocycles. The zero-order valence-electron chi connectivity index (χ0n) is 17.3. The Kier molecular flexibility index (Phi) is 7.47. The first-order valence-corrected chi connectivity index (χ1v) is 11.0. The van der Waals surface area contributed by atoms with Crippen LogP contribution >= 0.6 is 11.8 Å². The van der Waals surface area contributed by atoms with Crippen LogP contribution in [0.4, 0.5) is 5.69 Å². The van der Waals surface area contributed by atoms with Gasteiger partial charge < -0.3 is 9.88 Å². The Morgan fingerprint density at radius 2 is 1.86 bits per heavy atom. The van der Waals surface area contributed by atoms with Crippen LogP contribution in [0.2, 0.25) is 0 Å². The minimum Gasteiger partial charge on any atom is -0.325 e. The standard InChI is InChI=1S/C23H28N4OS/c1-4-14-27-21(13-12-19-8-6-5-7-9-19)25-26-23(27)29-16-22(28)24-20-15-17(2)10-11-18(20)3/h5-11,15H,4,12-14,16H2,1-3H3,(H,24,28). The van der Waals surface area contributed by atoms with Gasteiger partial charge in [0.15, 0.2) is 5.16 Å². The number of nitrogens with zero attached hydrogens (tertiary/aromatic N) is 3. The largest absolute Gasteiger partial charge is 0.325 e. The van der Waals surface area contributed by atoms with Crippen LogP contribution in [0.15, 0.2) is 53.7 Å². The van der Waals surface area contributed by atoms with E-state index in [0.29, 0.717) is 5.75 Å². The average Bonchev–Trinajstić information content (AvgIpc) is 3.10. The number of nitrogens with one attached hydrogen (secondary N) is 1. The van der Waals surface area contributed by atoms with Gasteiger partial charge in [0, 0.05) is 18.7 Å². The van der Waals surface area contributed by atoms with Gasteiger partial charge >= 0.3 is 0 Å².